The van der Waals surface area contributed by atoms with Gasteiger partial charge in [0.1, 0.15) is 0 Å². The third kappa shape index (κ3) is 2.66. The van der Waals surface area contributed by atoms with Crippen LogP contribution in [-0.4, -0.2) is 14.9 Å². The minimum Gasteiger partial charge on any atom is -0.386 e. The van der Waals surface area contributed by atoms with E-state index in [4.69, 9.17) is 11.6 Å². The van der Waals surface area contributed by atoms with Gasteiger partial charge in [-0.1, -0.05) is 37.8 Å². The molecule has 96 valence electrons. The van der Waals surface area contributed by atoms with Crippen molar-refractivity contribution in [3.05, 3.63) is 16.9 Å². The molecule has 17 heavy (non-hydrogen) atoms. The van der Waals surface area contributed by atoms with Crippen molar-refractivity contribution in [2.24, 2.45) is 18.9 Å². The van der Waals surface area contributed by atoms with Gasteiger partial charge in [0.05, 0.1) is 23.0 Å². The number of halogens is 1. The molecule has 1 aliphatic carbocycles. The van der Waals surface area contributed by atoms with Gasteiger partial charge in [-0.2, -0.15) is 5.10 Å². The van der Waals surface area contributed by atoms with Crippen LogP contribution in [0.4, 0.5) is 0 Å². The molecule has 0 bridgehead atoms. The van der Waals surface area contributed by atoms with Crippen LogP contribution in [0.15, 0.2) is 6.20 Å². The monoisotopic (exact) mass is 256 g/mol. The number of aromatic nitrogens is 2. The Morgan fingerprint density at radius 1 is 1.59 bits per heavy atom. The molecule has 0 aromatic carbocycles. The standard InChI is InChI=1S/C13H21ClN2O/c1-3-9-5-4-6-10(7-9)13(17)12-11(14)8-15-16(12)2/h8-10,13,17H,3-7H2,1-2H3. The quantitative estimate of drug-likeness (QED) is 0.901. The fraction of sp³-hybridized carbons (Fsp3) is 0.769. The van der Waals surface area contributed by atoms with Crippen LogP contribution in [-0.2, 0) is 7.05 Å². The van der Waals surface area contributed by atoms with E-state index in [0.717, 1.165) is 24.5 Å². The number of hydrogen-bond acceptors (Lipinski definition) is 2. The van der Waals surface area contributed by atoms with Crippen molar-refractivity contribution in [3.63, 3.8) is 0 Å². The number of hydrogen-bond donors (Lipinski definition) is 1. The molecule has 0 saturated heterocycles. The summed E-state index contributed by atoms with van der Waals surface area (Å²) in [5.74, 6) is 1.09. The summed E-state index contributed by atoms with van der Waals surface area (Å²) in [6.07, 6.45) is 7.08. The highest BCUT2D eigenvalue weighted by Gasteiger charge is 2.30. The van der Waals surface area contributed by atoms with Crippen LogP contribution in [0, 0.1) is 11.8 Å². The number of rotatable bonds is 3. The second-order valence-corrected chi connectivity index (χ2v) is 5.55. The zero-order chi connectivity index (χ0) is 12.4. The Labute approximate surface area is 108 Å². The summed E-state index contributed by atoms with van der Waals surface area (Å²) in [5.41, 5.74) is 0.772. The molecule has 1 heterocycles. The topological polar surface area (TPSA) is 38.1 Å². The molecule has 3 atom stereocenters. The van der Waals surface area contributed by atoms with Crippen LogP contribution < -0.4 is 0 Å². The van der Waals surface area contributed by atoms with Crippen LogP contribution in [0.3, 0.4) is 0 Å². The summed E-state index contributed by atoms with van der Waals surface area (Å²) in [6, 6.07) is 0. The Bertz CT molecular complexity index is 358. The summed E-state index contributed by atoms with van der Waals surface area (Å²) in [7, 11) is 1.84. The highest BCUT2D eigenvalue weighted by atomic mass is 35.5. The van der Waals surface area contributed by atoms with E-state index in [1.165, 1.54) is 19.3 Å². The van der Waals surface area contributed by atoms with Crippen LogP contribution in [0.25, 0.3) is 0 Å². The molecule has 1 fully saturated rings. The highest BCUT2D eigenvalue weighted by molar-refractivity contribution is 6.31. The van der Waals surface area contributed by atoms with Crippen LogP contribution in [0.2, 0.25) is 5.02 Å². The lowest BCUT2D eigenvalue weighted by Gasteiger charge is -2.31. The zero-order valence-corrected chi connectivity index (χ0v) is 11.3. The van der Waals surface area contributed by atoms with Gasteiger partial charge >= 0.3 is 0 Å². The predicted molar refractivity (Wildman–Crippen MR) is 68.9 cm³/mol. The van der Waals surface area contributed by atoms with E-state index in [2.05, 4.69) is 12.0 Å². The SMILES string of the molecule is CCC1CCCC(C(O)c2c(Cl)cnn2C)C1. The molecule has 1 aromatic heterocycles. The molecule has 3 nitrogen and oxygen atoms in total. The summed E-state index contributed by atoms with van der Waals surface area (Å²) in [5, 5.41) is 15.1. The van der Waals surface area contributed by atoms with E-state index < -0.39 is 6.10 Å². The molecule has 1 aromatic rings. The minimum atomic E-state index is -0.468. The van der Waals surface area contributed by atoms with Crippen LogP contribution in [0.5, 0.6) is 0 Å². The van der Waals surface area contributed by atoms with Gasteiger partial charge in [-0.3, -0.25) is 4.68 Å². The van der Waals surface area contributed by atoms with E-state index in [1.54, 1.807) is 10.9 Å². The maximum absolute atomic E-state index is 10.5. The first-order valence-electron chi connectivity index (χ1n) is 6.49. The van der Waals surface area contributed by atoms with Crippen molar-refractivity contribution in [2.75, 3.05) is 0 Å². The molecule has 0 spiro atoms. The van der Waals surface area contributed by atoms with Crippen molar-refractivity contribution >= 4 is 11.6 Å². The Balaban J connectivity index is 2.11. The third-order valence-electron chi connectivity index (χ3n) is 4.07. The van der Waals surface area contributed by atoms with Crippen molar-refractivity contribution in [1.82, 2.24) is 9.78 Å². The Morgan fingerprint density at radius 3 is 2.94 bits per heavy atom. The number of aryl methyl sites for hydroxylation is 1. The Morgan fingerprint density at radius 2 is 2.35 bits per heavy atom. The molecule has 1 N–H and O–H groups in total. The molecule has 0 amide bonds. The van der Waals surface area contributed by atoms with E-state index in [0.29, 0.717) is 10.9 Å². The number of aliphatic hydroxyl groups excluding tert-OH is 1. The summed E-state index contributed by atoms with van der Waals surface area (Å²) >= 11 is 6.09. The summed E-state index contributed by atoms with van der Waals surface area (Å²) < 4.78 is 1.70. The predicted octanol–water partition coefficient (Wildman–Crippen LogP) is 3.32. The molecular formula is C13H21ClN2O. The number of nitrogens with zero attached hydrogens (tertiary/aromatic N) is 2. The van der Waals surface area contributed by atoms with Gasteiger partial charge < -0.3 is 5.11 Å². The highest BCUT2D eigenvalue weighted by Crippen LogP contribution is 2.39. The smallest absolute Gasteiger partial charge is 0.0999 e. The lowest BCUT2D eigenvalue weighted by Crippen LogP contribution is -2.23. The minimum absolute atomic E-state index is 0.335. The molecular weight excluding hydrogens is 236 g/mol. The third-order valence-corrected chi connectivity index (χ3v) is 4.36. The fourth-order valence-electron chi connectivity index (χ4n) is 2.97. The number of aliphatic hydroxyl groups is 1. The van der Waals surface area contributed by atoms with Gasteiger partial charge in [-0.25, -0.2) is 0 Å². The molecule has 4 heteroatoms. The summed E-state index contributed by atoms with van der Waals surface area (Å²) in [6.45, 7) is 2.23. The van der Waals surface area contributed by atoms with Crippen molar-refractivity contribution in [2.45, 2.75) is 45.1 Å². The Hall–Kier alpha value is -0.540. The van der Waals surface area contributed by atoms with Gasteiger partial charge in [0.15, 0.2) is 0 Å². The van der Waals surface area contributed by atoms with Gasteiger partial charge in [0.25, 0.3) is 0 Å². The molecule has 1 saturated carbocycles. The van der Waals surface area contributed by atoms with Crippen molar-refractivity contribution in [1.29, 1.82) is 0 Å². The van der Waals surface area contributed by atoms with Crippen LogP contribution >= 0.6 is 11.6 Å². The lowest BCUT2D eigenvalue weighted by molar-refractivity contribution is 0.0616. The molecule has 3 unspecified atom stereocenters. The van der Waals surface area contributed by atoms with Gasteiger partial charge in [-0.15, -0.1) is 0 Å². The van der Waals surface area contributed by atoms with Gasteiger partial charge in [0.2, 0.25) is 0 Å². The maximum Gasteiger partial charge on any atom is 0.0999 e. The average Bonchev–Trinajstić information content (AvgIpc) is 2.68. The van der Waals surface area contributed by atoms with Crippen molar-refractivity contribution < 1.29 is 5.11 Å². The molecule has 1 aliphatic rings. The average molecular weight is 257 g/mol. The maximum atomic E-state index is 10.5. The van der Waals surface area contributed by atoms with Crippen molar-refractivity contribution in [3.8, 4) is 0 Å². The van der Waals surface area contributed by atoms with Gasteiger partial charge in [0, 0.05) is 7.05 Å². The first-order valence-corrected chi connectivity index (χ1v) is 6.86. The second kappa shape index (κ2) is 5.40. The van der Waals surface area contributed by atoms with Crippen LogP contribution in [0.1, 0.15) is 50.8 Å². The second-order valence-electron chi connectivity index (χ2n) is 5.15. The molecule has 0 radical (unpaired) electrons. The van der Waals surface area contributed by atoms with E-state index >= 15 is 0 Å². The largest absolute Gasteiger partial charge is 0.386 e. The first kappa shape index (κ1) is 12.9. The zero-order valence-electron chi connectivity index (χ0n) is 10.6. The normalized spacial score (nSPS) is 27.1. The molecule has 0 aliphatic heterocycles. The lowest BCUT2D eigenvalue weighted by atomic mass is 9.77. The van der Waals surface area contributed by atoms with E-state index in [9.17, 15) is 5.11 Å². The van der Waals surface area contributed by atoms with Gasteiger partial charge in [-0.05, 0) is 24.7 Å². The van der Waals surface area contributed by atoms with E-state index in [1.807, 2.05) is 7.05 Å². The van der Waals surface area contributed by atoms with E-state index in [-0.39, 0.29) is 0 Å². The first-order chi connectivity index (χ1) is 8.13. The fourth-order valence-corrected chi connectivity index (χ4v) is 3.24. The summed E-state index contributed by atoms with van der Waals surface area (Å²) in [4.78, 5) is 0. The Kier molecular flexibility index (Phi) is 4.10. The molecule has 2 rings (SSSR count).